The first-order chi connectivity index (χ1) is 11.7. The summed E-state index contributed by atoms with van der Waals surface area (Å²) in [5, 5.41) is 31.3. The molecule has 0 aromatic heterocycles. The van der Waals surface area contributed by atoms with Gasteiger partial charge in [0.05, 0.1) is 5.92 Å². The van der Waals surface area contributed by atoms with Gasteiger partial charge >= 0.3 is 23.9 Å². The maximum Gasteiger partial charge on any atom is 0.326 e. The number of benzene rings is 1. The van der Waals surface area contributed by atoms with Crippen LogP contribution in [0.1, 0.15) is 24.3 Å². The van der Waals surface area contributed by atoms with E-state index in [1.54, 1.807) is 24.3 Å². The fourth-order valence-corrected chi connectivity index (χ4v) is 2.33. The number of hydrogen-bond donors (Lipinski definition) is 5. The van der Waals surface area contributed by atoms with Crippen LogP contribution in [0.2, 0.25) is 0 Å². The average molecular weight is 464 g/mol. The Morgan fingerprint density at radius 1 is 1.00 bits per heavy atom. The zero-order chi connectivity index (χ0) is 19.0. The Balaban J connectivity index is 2.64. The molecule has 0 bridgehead atoms. The van der Waals surface area contributed by atoms with Gasteiger partial charge in [-0.05, 0) is 46.7 Å². The molecule has 9 nitrogen and oxygen atoms in total. The molecule has 5 N–H and O–H groups in total. The van der Waals surface area contributed by atoms with Crippen molar-refractivity contribution >= 4 is 46.5 Å². The van der Waals surface area contributed by atoms with Gasteiger partial charge in [0.25, 0.3) is 0 Å². The van der Waals surface area contributed by atoms with E-state index in [-0.39, 0.29) is 13.0 Å². The van der Waals surface area contributed by atoms with E-state index in [9.17, 15) is 24.3 Å². The first-order valence-electron chi connectivity index (χ1n) is 7.18. The van der Waals surface area contributed by atoms with Gasteiger partial charge in [0.2, 0.25) is 0 Å². The van der Waals surface area contributed by atoms with Crippen LogP contribution in [0, 0.1) is 3.57 Å². The van der Waals surface area contributed by atoms with Crippen molar-refractivity contribution < 1.29 is 34.5 Å². The topological polar surface area (TPSA) is 153 Å². The second-order valence-corrected chi connectivity index (χ2v) is 6.37. The molecule has 1 aromatic rings. The zero-order valence-electron chi connectivity index (χ0n) is 12.9. The van der Waals surface area contributed by atoms with E-state index in [0.717, 1.165) is 3.57 Å². The summed E-state index contributed by atoms with van der Waals surface area (Å²) in [4.78, 5) is 44.7. The smallest absolute Gasteiger partial charge is 0.326 e. The van der Waals surface area contributed by atoms with Crippen molar-refractivity contribution in [3.63, 3.8) is 0 Å². The summed E-state index contributed by atoms with van der Waals surface area (Å²) < 4.78 is 0.930. The van der Waals surface area contributed by atoms with Crippen molar-refractivity contribution in [3.05, 3.63) is 33.4 Å². The van der Waals surface area contributed by atoms with Crippen LogP contribution in [0.3, 0.4) is 0 Å². The van der Waals surface area contributed by atoms with E-state index in [2.05, 4.69) is 33.2 Å². The van der Waals surface area contributed by atoms with Gasteiger partial charge in [-0.15, -0.1) is 0 Å². The Morgan fingerprint density at radius 2 is 1.60 bits per heavy atom. The van der Waals surface area contributed by atoms with Gasteiger partial charge in [0, 0.05) is 16.5 Å². The third-order valence-electron chi connectivity index (χ3n) is 3.29. The largest absolute Gasteiger partial charge is 0.481 e. The molecule has 0 saturated heterocycles. The summed E-state index contributed by atoms with van der Waals surface area (Å²) in [5.74, 6) is -4.69. The number of carbonyl (C=O) groups is 4. The number of urea groups is 1. The molecule has 0 heterocycles. The van der Waals surface area contributed by atoms with Crippen LogP contribution in [-0.2, 0) is 14.4 Å². The molecule has 1 rings (SSSR count). The average Bonchev–Trinajstić information content (AvgIpc) is 2.52. The second-order valence-electron chi connectivity index (χ2n) is 5.12. The van der Waals surface area contributed by atoms with Crippen LogP contribution in [0.4, 0.5) is 4.79 Å². The number of rotatable bonds is 9. The molecule has 25 heavy (non-hydrogen) atoms. The van der Waals surface area contributed by atoms with E-state index >= 15 is 0 Å². The van der Waals surface area contributed by atoms with E-state index in [4.69, 9.17) is 10.2 Å². The minimum Gasteiger partial charge on any atom is -0.481 e. The lowest BCUT2D eigenvalue weighted by Gasteiger charge is -2.17. The molecule has 0 aliphatic rings. The molecule has 10 heteroatoms. The SMILES string of the molecule is O=C(O)CC[C@H](NC(=O)NCC(C(=O)O)c1ccc(I)cc1)C(=O)O. The standard InChI is InChI=1S/C15H17IN2O7/c16-9-3-1-8(2-4-9)10(13(21)22)7-17-15(25)18-11(14(23)24)5-6-12(19)20/h1-4,10-11H,5-7H2,(H,19,20)(H,21,22)(H,23,24)(H2,17,18,25)/t10?,11-/m0/s1. The molecule has 0 aliphatic carbocycles. The van der Waals surface area contributed by atoms with Crippen LogP contribution in [0.5, 0.6) is 0 Å². The summed E-state index contributed by atoms with van der Waals surface area (Å²) in [7, 11) is 0. The molecule has 0 fully saturated rings. The Bertz CT molecular complexity index is 648. The molecule has 0 spiro atoms. The Hall–Kier alpha value is -2.37. The third kappa shape index (κ3) is 7.37. The number of halogens is 1. The number of amides is 2. The lowest BCUT2D eigenvalue weighted by Crippen LogP contribution is -2.47. The normalized spacial score (nSPS) is 12.7. The minimum atomic E-state index is -1.38. The lowest BCUT2D eigenvalue weighted by molar-refractivity contribution is -0.141. The summed E-state index contributed by atoms with van der Waals surface area (Å²) in [5.41, 5.74) is 0.494. The Labute approximate surface area is 156 Å². The number of hydrogen-bond acceptors (Lipinski definition) is 4. The second kappa shape index (κ2) is 9.81. The molecule has 136 valence electrons. The van der Waals surface area contributed by atoms with E-state index in [1.165, 1.54) is 0 Å². The fourth-order valence-electron chi connectivity index (χ4n) is 1.97. The van der Waals surface area contributed by atoms with Crippen molar-refractivity contribution in [2.24, 2.45) is 0 Å². The maximum atomic E-state index is 11.8. The van der Waals surface area contributed by atoms with Crippen molar-refractivity contribution in [1.29, 1.82) is 0 Å². The molecule has 1 aromatic carbocycles. The number of carboxylic acids is 3. The quantitative estimate of drug-likeness (QED) is 0.343. The van der Waals surface area contributed by atoms with Gasteiger partial charge in [-0.1, -0.05) is 12.1 Å². The number of carbonyl (C=O) groups excluding carboxylic acids is 1. The van der Waals surface area contributed by atoms with Crippen molar-refractivity contribution in [3.8, 4) is 0 Å². The monoisotopic (exact) mass is 464 g/mol. The van der Waals surface area contributed by atoms with E-state index < -0.39 is 42.3 Å². The third-order valence-corrected chi connectivity index (χ3v) is 4.01. The fraction of sp³-hybridized carbons (Fsp3) is 0.333. The Kier molecular flexibility index (Phi) is 8.11. The molecule has 0 aliphatic heterocycles. The van der Waals surface area contributed by atoms with Gasteiger partial charge in [-0.2, -0.15) is 0 Å². The van der Waals surface area contributed by atoms with Gasteiger partial charge in [0.15, 0.2) is 0 Å². The predicted octanol–water partition coefficient (Wildman–Crippen LogP) is 1.08. The summed E-state index contributed by atoms with van der Waals surface area (Å²) in [6, 6.07) is 4.48. The zero-order valence-corrected chi connectivity index (χ0v) is 15.1. The molecule has 1 unspecified atom stereocenters. The first kappa shape index (κ1) is 20.7. The molecule has 0 saturated carbocycles. The van der Waals surface area contributed by atoms with Crippen LogP contribution in [0.15, 0.2) is 24.3 Å². The van der Waals surface area contributed by atoms with Crippen molar-refractivity contribution in [2.75, 3.05) is 6.54 Å². The van der Waals surface area contributed by atoms with E-state index in [0.29, 0.717) is 5.56 Å². The van der Waals surface area contributed by atoms with Gasteiger partial charge < -0.3 is 26.0 Å². The molecule has 2 amide bonds. The summed E-state index contributed by atoms with van der Waals surface area (Å²) in [6.07, 6.45) is -0.699. The van der Waals surface area contributed by atoms with E-state index in [1.807, 2.05) is 0 Å². The highest BCUT2D eigenvalue weighted by atomic mass is 127. The number of nitrogens with one attached hydrogen (secondary N) is 2. The minimum absolute atomic E-state index is 0.243. The van der Waals surface area contributed by atoms with Gasteiger partial charge in [-0.25, -0.2) is 9.59 Å². The number of aliphatic carboxylic acids is 3. The summed E-state index contributed by atoms with van der Waals surface area (Å²) >= 11 is 2.08. The molecule has 2 atom stereocenters. The van der Waals surface area contributed by atoms with Gasteiger partial charge in [0.1, 0.15) is 6.04 Å². The van der Waals surface area contributed by atoms with Crippen molar-refractivity contribution in [2.45, 2.75) is 24.8 Å². The van der Waals surface area contributed by atoms with Crippen molar-refractivity contribution in [1.82, 2.24) is 10.6 Å². The Morgan fingerprint density at radius 3 is 2.08 bits per heavy atom. The lowest BCUT2D eigenvalue weighted by atomic mass is 9.99. The first-order valence-corrected chi connectivity index (χ1v) is 8.25. The number of carboxylic acid groups (broad SMARTS) is 3. The molecular weight excluding hydrogens is 447 g/mol. The highest BCUT2D eigenvalue weighted by Gasteiger charge is 2.23. The van der Waals surface area contributed by atoms with Crippen LogP contribution < -0.4 is 10.6 Å². The maximum absolute atomic E-state index is 11.8. The highest BCUT2D eigenvalue weighted by molar-refractivity contribution is 14.1. The van der Waals surface area contributed by atoms with Crippen LogP contribution in [-0.4, -0.2) is 51.8 Å². The van der Waals surface area contributed by atoms with Crippen LogP contribution >= 0.6 is 22.6 Å². The summed E-state index contributed by atoms with van der Waals surface area (Å²) in [6.45, 7) is -0.243. The van der Waals surface area contributed by atoms with Crippen LogP contribution in [0.25, 0.3) is 0 Å². The van der Waals surface area contributed by atoms with Gasteiger partial charge in [-0.3, -0.25) is 9.59 Å². The molecular formula is C15H17IN2O7. The molecule has 0 radical (unpaired) electrons. The predicted molar refractivity (Wildman–Crippen MR) is 94.4 cm³/mol. The highest BCUT2D eigenvalue weighted by Crippen LogP contribution is 2.17.